The molecule has 1 aliphatic heterocycles. The number of hydrogen-bond donors (Lipinski definition) is 0. The minimum absolute atomic E-state index is 0.00555. The smallest absolute Gasteiger partial charge is 0.387 e. The van der Waals surface area contributed by atoms with E-state index in [2.05, 4.69) is 11.7 Å². The Bertz CT molecular complexity index is 1220. The van der Waals surface area contributed by atoms with Crippen molar-refractivity contribution in [1.82, 2.24) is 14.5 Å². The number of thioether (sulfide) groups is 1. The second kappa shape index (κ2) is 10.5. The molecule has 2 aromatic carbocycles. The van der Waals surface area contributed by atoms with Crippen LogP contribution in [0.2, 0.25) is 0 Å². The number of carbonyl (C=O) groups is 1. The predicted molar refractivity (Wildman–Crippen MR) is 129 cm³/mol. The first-order valence-electron chi connectivity index (χ1n) is 11.4. The molecule has 2 heterocycles. The number of piperidine rings is 1. The molecule has 2 atom stereocenters. The van der Waals surface area contributed by atoms with Crippen LogP contribution in [-0.4, -0.2) is 44.8 Å². The fraction of sp³-hybridized carbons (Fsp3) is 0.400. The molecule has 3 aromatic rings. The molecular formula is C25H27F2N3O3S. The summed E-state index contributed by atoms with van der Waals surface area (Å²) in [5, 5.41) is 0.353. The Morgan fingerprint density at radius 2 is 1.91 bits per heavy atom. The van der Waals surface area contributed by atoms with Crippen LogP contribution in [0.25, 0.3) is 16.6 Å². The van der Waals surface area contributed by atoms with Crippen LogP contribution in [-0.2, 0) is 4.79 Å². The molecule has 0 spiro atoms. The Morgan fingerprint density at radius 3 is 2.62 bits per heavy atom. The summed E-state index contributed by atoms with van der Waals surface area (Å²) >= 11 is 1.23. The van der Waals surface area contributed by atoms with Crippen molar-refractivity contribution < 1.29 is 18.3 Å². The minimum Gasteiger partial charge on any atom is -0.435 e. The Kier molecular flexibility index (Phi) is 7.50. The van der Waals surface area contributed by atoms with E-state index in [0.29, 0.717) is 21.7 Å². The molecule has 1 saturated heterocycles. The second-order valence-corrected chi connectivity index (χ2v) is 9.58. The Hall–Kier alpha value is -2.94. The summed E-state index contributed by atoms with van der Waals surface area (Å²) in [4.78, 5) is 33.4. The maximum absolute atomic E-state index is 13.4. The van der Waals surface area contributed by atoms with Crippen LogP contribution in [0.3, 0.4) is 0 Å². The lowest BCUT2D eigenvalue weighted by atomic mass is 10.00. The molecule has 1 amide bonds. The molecule has 1 aromatic heterocycles. The number of para-hydroxylation sites is 1. The normalized spacial score (nSPS) is 17.2. The fourth-order valence-electron chi connectivity index (χ4n) is 4.35. The number of carbonyl (C=O) groups excluding carboxylic acids is 1. The number of hydrogen-bond acceptors (Lipinski definition) is 5. The second-order valence-electron chi connectivity index (χ2n) is 8.27. The zero-order valence-electron chi connectivity index (χ0n) is 19.1. The molecule has 180 valence electrons. The number of halogens is 2. The SMILES string of the molecule is CCC1CCCCN1C(=O)C(C)Sc1nc2ccccc2c(=O)n1-c1ccc(OC(F)F)cc1. The van der Waals surface area contributed by atoms with Gasteiger partial charge in [-0.2, -0.15) is 8.78 Å². The van der Waals surface area contributed by atoms with Crippen molar-refractivity contribution in [1.29, 1.82) is 0 Å². The maximum Gasteiger partial charge on any atom is 0.387 e. The van der Waals surface area contributed by atoms with E-state index in [0.717, 1.165) is 32.2 Å². The highest BCUT2D eigenvalue weighted by atomic mass is 32.2. The third-order valence-corrected chi connectivity index (χ3v) is 7.12. The molecule has 2 unspecified atom stereocenters. The molecule has 1 fully saturated rings. The van der Waals surface area contributed by atoms with Gasteiger partial charge in [-0.1, -0.05) is 30.8 Å². The lowest BCUT2D eigenvalue weighted by molar-refractivity contribution is -0.134. The maximum atomic E-state index is 13.4. The van der Waals surface area contributed by atoms with Gasteiger partial charge in [0.25, 0.3) is 5.56 Å². The monoisotopic (exact) mass is 487 g/mol. The van der Waals surface area contributed by atoms with Crippen molar-refractivity contribution in [2.75, 3.05) is 6.54 Å². The van der Waals surface area contributed by atoms with E-state index >= 15 is 0 Å². The number of ether oxygens (including phenoxy) is 1. The molecule has 1 aliphatic rings. The number of likely N-dealkylation sites (tertiary alicyclic amines) is 1. The quantitative estimate of drug-likeness (QED) is 0.336. The lowest BCUT2D eigenvalue weighted by Crippen LogP contribution is -2.46. The van der Waals surface area contributed by atoms with Gasteiger partial charge in [-0.15, -0.1) is 0 Å². The zero-order valence-corrected chi connectivity index (χ0v) is 19.9. The van der Waals surface area contributed by atoms with Crippen LogP contribution in [0.15, 0.2) is 58.5 Å². The number of aromatic nitrogens is 2. The van der Waals surface area contributed by atoms with Crippen molar-refractivity contribution >= 4 is 28.6 Å². The van der Waals surface area contributed by atoms with Crippen LogP contribution >= 0.6 is 11.8 Å². The third-order valence-electron chi connectivity index (χ3n) is 6.08. The zero-order chi connectivity index (χ0) is 24.2. The minimum atomic E-state index is -2.93. The van der Waals surface area contributed by atoms with E-state index in [1.54, 1.807) is 24.3 Å². The summed E-state index contributed by atoms with van der Waals surface area (Å²) in [5.41, 5.74) is 0.698. The van der Waals surface area contributed by atoms with Gasteiger partial charge in [0, 0.05) is 12.6 Å². The van der Waals surface area contributed by atoms with E-state index < -0.39 is 11.9 Å². The summed E-state index contributed by atoms with van der Waals surface area (Å²) < 4.78 is 30.9. The first-order chi connectivity index (χ1) is 16.4. The summed E-state index contributed by atoms with van der Waals surface area (Å²) in [6.45, 7) is 1.74. The molecule has 6 nitrogen and oxygen atoms in total. The van der Waals surface area contributed by atoms with Crippen LogP contribution in [0.4, 0.5) is 8.78 Å². The van der Waals surface area contributed by atoms with Gasteiger partial charge in [0.1, 0.15) is 5.75 Å². The third kappa shape index (κ3) is 5.09. The average molecular weight is 488 g/mol. The average Bonchev–Trinajstić information content (AvgIpc) is 2.84. The standard InChI is InChI=1S/C25H27F2N3O3S/c1-3-17-8-6-7-15-29(17)22(31)16(2)34-25-28-21-10-5-4-9-20(21)23(32)30(25)18-11-13-19(14-12-18)33-24(26)27/h4-5,9-14,16-17,24H,3,6-8,15H2,1-2H3. The van der Waals surface area contributed by atoms with E-state index in [1.165, 1.54) is 40.6 Å². The Balaban J connectivity index is 1.71. The topological polar surface area (TPSA) is 64.4 Å². The van der Waals surface area contributed by atoms with Gasteiger partial charge in [-0.05, 0) is 69.0 Å². The number of alkyl halides is 2. The number of fused-ring (bicyclic) bond motifs is 1. The summed E-state index contributed by atoms with van der Waals surface area (Å²) in [5.74, 6) is 0.0280. The van der Waals surface area contributed by atoms with Crippen molar-refractivity contribution in [3.05, 3.63) is 58.9 Å². The van der Waals surface area contributed by atoms with Crippen molar-refractivity contribution in [2.45, 2.75) is 62.6 Å². The van der Waals surface area contributed by atoms with Gasteiger partial charge < -0.3 is 9.64 Å². The summed E-state index contributed by atoms with van der Waals surface area (Å²) in [6, 6.07) is 13.1. The van der Waals surface area contributed by atoms with Gasteiger partial charge in [0.2, 0.25) is 5.91 Å². The number of benzene rings is 2. The van der Waals surface area contributed by atoms with Crippen LogP contribution in [0.5, 0.6) is 5.75 Å². The molecule has 4 rings (SSSR count). The van der Waals surface area contributed by atoms with Gasteiger partial charge >= 0.3 is 6.61 Å². The van der Waals surface area contributed by atoms with E-state index in [9.17, 15) is 18.4 Å². The van der Waals surface area contributed by atoms with Crippen molar-refractivity contribution in [3.8, 4) is 11.4 Å². The van der Waals surface area contributed by atoms with E-state index in [4.69, 9.17) is 4.98 Å². The van der Waals surface area contributed by atoms with Crippen molar-refractivity contribution in [3.63, 3.8) is 0 Å². The largest absolute Gasteiger partial charge is 0.435 e. The van der Waals surface area contributed by atoms with Gasteiger partial charge in [0.05, 0.1) is 21.8 Å². The molecule has 0 aliphatic carbocycles. The van der Waals surface area contributed by atoms with Gasteiger partial charge in [-0.3, -0.25) is 14.2 Å². The van der Waals surface area contributed by atoms with Crippen LogP contribution < -0.4 is 10.3 Å². The molecular weight excluding hydrogens is 460 g/mol. The molecule has 9 heteroatoms. The van der Waals surface area contributed by atoms with E-state index in [-0.39, 0.29) is 23.3 Å². The highest BCUT2D eigenvalue weighted by molar-refractivity contribution is 8.00. The molecule has 0 saturated carbocycles. The molecule has 34 heavy (non-hydrogen) atoms. The lowest BCUT2D eigenvalue weighted by Gasteiger charge is -2.36. The summed E-state index contributed by atoms with van der Waals surface area (Å²) in [6.07, 6.45) is 4.03. The Labute approximate surface area is 200 Å². The van der Waals surface area contributed by atoms with Crippen molar-refractivity contribution in [2.24, 2.45) is 0 Å². The molecule has 0 bridgehead atoms. The highest BCUT2D eigenvalue weighted by Gasteiger charge is 2.30. The first-order valence-corrected chi connectivity index (χ1v) is 12.3. The number of rotatable bonds is 7. The Morgan fingerprint density at radius 1 is 1.18 bits per heavy atom. The predicted octanol–water partition coefficient (Wildman–Crippen LogP) is 5.26. The van der Waals surface area contributed by atoms with Crippen LogP contribution in [0.1, 0.15) is 39.5 Å². The number of nitrogens with zero attached hydrogens (tertiary/aromatic N) is 3. The first kappa shape index (κ1) is 24.2. The highest BCUT2D eigenvalue weighted by Crippen LogP contribution is 2.29. The van der Waals surface area contributed by atoms with Crippen LogP contribution in [0, 0.1) is 0 Å². The van der Waals surface area contributed by atoms with Gasteiger partial charge in [0.15, 0.2) is 5.16 Å². The molecule has 0 radical (unpaired) electrons. The van der Waals surface area contributed by atoms with E-state index in [1.807, 2.05) is 11.8 Å². The fourth-order valence-corrected chi connectivity index (χ4v) is 5.35. The number of amides is 1. The summed E-state index contributed by atoms with van der Waals surface area (Å²) in [7, 11) is 0. The van der Waals surface area contributed by atoms with Gasteiger partial charge in [-0.25, -0.2) is 4.98 Å². The molecule has 0 N–H and O–H groups in total.